The molecule has 24 heavy (non-hydrogen) atoms. The third-order valence-corrected chi connectivity index (χ3v) is 5.91. The zero-order valence-corrected chi connectivity index (χ0v) is 13.8. The summed E-state index contributed by atoms with van der Waals surface area (Å²) in [5.41, 5.74) is 2.13. The van der Waals surface area contributed by atoms with Gasteiger partial charge in [-0.05, 0) is 27.5 Å². The van der Waals surface area contributed by atoms with Gasteiger partial charge in [-0.1, -0.05) is 36.4 Å². The van der Waals surface area contributed by atoms with Gasteiger partial charge >= 0.3 is 5.82 Å². The van der Waals surface area contributed by atoms with E-state index >= 15 is 0 Å². The maximum atomic E-state index is 12.8. The van der Waals surface area contributed by atoms with Crippen molar-refractivity contribution in [1.82, 2.24) is 13.9 Å². The molecule has 0 amide bonds. The summed E-state index contributed by atoms with van der Waals surface area (Å²) in [5.74, 6) is -0.643. The van der Waals surface area contributed by atoms with Crippen molar-refractivity contribution in [3.8, 4) is 0 Å². The molecule has 1 aromatic carbocycles. The van der Waals surface area contributed by atoms with Gasteiger partial charge in [0, 0.05) is 20.1 Å². The van der Waals surface area contributed by atoms with Gasteiger partial charge in [-0.2, -0.15) is 4.31 Å². The number of hydrogen-bond donors (Lipinski definition) is 0. The lowest BCUT2D eigenvalue weighted by atomic mass is 10.0. The Morgan fingerprint density at radius 1 is 1.25 bits per heavy atom. The molecule has 8 nitrogen and oxygen atoms in total. The summed E-state index contributed by atoms with van der Waals surface area (Å²) in [6.45, 7) is 0.445. The molecule has 2 heterocycles. The molecule has 0 radical (unpaired) electrons. The number of rotatable bonds is 4. The minimum Gasteiger partial charge on any atom is -0.358 e. The van der Waals surface area contributed by atoms with Gasteiger partial charge in [-0.15, -0.1) is 0 Å². The number of imidazole rings is 1. The first-order valence-corrected chi connectivity index (χ1v) is 8.75. The Kier molecular flexibility index (Phi) is 4.20. The second-order valence-corrected chi connectivity index (χ2v) is 7.30. The fourth-order valence-corrected chi connectivity index (χ4v) is 4.35. The highest BCUT2D eigenvalue weighted by atomic mass is 32.2. The minimum atomic E-state index is -3.98. The Labute approximate surface area is 139 Å². The molecule has 0 unspecified atom stereocenters. The third kappa shape index (κ3) is 2.83. The first-order valence-electron chi connectivity index (χ1n) is 7.31. The fourth-order valence-electron chi connectivity index (χ4n) is 2.73. The van der Waals surface area contributed by atoms with E-state index in [1.165, 1.54) is 15.9 Å². The molecule has 0 saturated heterocycles. The molecule has 0 atom stereocenters. The molecule has 1 aliphatic heterocycles. The van der Waals surface area contributed by atoms with Crippen LogP contribution in [-0.4, -0.2) is 40.3 Å². The lowest BCUT2D eigenvalue weighted by Gasteiger charge is -2.25. The van der Waals surface area contributed by atoms with Gasteiger partial charge in [0.05, 0.1) is 0 Å². The molecule has 1 aromatic heterocycles. The number of aryl methyl sites for hydroxylation is 1. The zero-order valence-electron chi connectivity index (χ0n) is 13.0. The summed E-state index contributed by atoms with van der Waals surface area (Å²) in [6.07, 6.45) is 3.54. The van der Waals surface area contributed by atoms with E-state index in [1.54, 1.807) is 0 Å². The maximum absolute atomic E-state index is 12.8. The molecule has 0 spiro atoms. The Bertz CT molecular complexity index is 903. The van der Waals surface area contributed by atoms with Crippen molar-refractivity contribution in [2.75, 3.05) is 13.1 Å². The predicted molar refractivity (Wildman–Crippen MR) is 87.7 cm³/mol. The SMILES string of the molecule is Cn1cnc([N+](=O)[O-])c1S(=O)(=O)N1CC=C(c2ccccc2)CC1. The number of benzene rings is 1. The van der Waals surface area contributed by atoms with Gasteiger partial charge in [-0.3, -0.25) is 4.57 Å². The smallest absolute Gasteiger partial charge is 0.358 e. The van der Waals surface area contributed by atoms with Crippen LogP contribution in [0.15, 0.2) is 47.8 Å². The summed E-state index contributed by atoms with van der Waals surface area (Å²) in [6, 6.07) is 9.73. The molecular weight excluding hydrogens is 332 g/mol. The monoisotopic (exact) mass is 348 g/mol. The van der Waals surface area contributed by atoms with Crippen LogP contribution in [0.1, 0.15) is 12.0 Å². The number of sulfonamides is 1. The van der Waals surface area contributed by atoms with Gasteiger partial charge in [0.1, 0.15) is 0 Å². The molecule has 0 saturated carbocycles. The third-order valence-electron chi connectivity index (χ3n) is 3.94. The highest BCUT2D eigenvalue weighted by molar-refractivity contribution is 7.89. The van der Waals surface area contributed by atoms with Crippen molar-refractivity contribution < 1.29 is 13.3 Å². The standard InChI is InChI=1S/C15H16N4O4S/c1-17-11-16-14(19(20)21)15(17)24(22,23)18-9-7-13(8-10-18)12-5-3-2-4-6-12/h2-7,11H,8-10H2,1H3. The van der Waals surface area contributed by atoms with Crippen molar-refractivity contribution in [3.05, 3.63) is 58.4 Å². The van der Waals surface area contributed by atoms with Crippen molar-refractivity contribution in [2.45, 2.75) is 11.4 Å². The summed E-state index contributed by atoms with van der Waals surface area (Å²) < 4.78 is 27.9. The van der Waals surface area contributed by atoms with Crippen LogP contribution in [-0.2, 0) is 17.1 Å². The average molecular weight is 348 g/mol. The lowest BCUT2D eigenvalue weighted by molar-refractivity contribution is -0.392. The van der Waals surface area contributed by atoms with E-state index in [4.69, 9.17) is 0 Å². The first kappa shape index (κ1) is 16.3. The Morgan fingerprint density at radius 3 is 2.54 bits per heavy atom. The molecule has 0 fully saturated rings. The summed E-state index contributed by atoms with van der Waals surface area (Å²) in [5, 5.41) is 10.7. The van der Waals surface area contributed by atoms with Crippen molar-refractivity contribution >= 4 is 21.4 Å². The van der Waals surface area contributed by atoms with Crippen molar-refractivity contribution in [2.24, 2.45) is 7.05 Å². The van der Waals surface area contributed by atoms with Crippen LogP contribution in [0.25, 0.3) is 5.57 Å². The number of nitro groups is 1. The summed E-state index contributed by atoms with van der Waals surface area (Å²) >= 11 is 0. The highest BCUT2D eigenvalue weighted by Gasteiger charge is 2.36. The van der Waals surface area contributed by atoms with Gasteiger partial charge in [0.15, 0.2) is 0 Å². The maximum Gasteiger partial charge on any atom is 0.402 e. The Morgan fingerprint density at radius 2 is 1.96 bits per heavy atom. The number of hydrogen-bond acceptors (Lipinski definition) is 5. The van der Waals surface area contributed by atoms with Gasteiger partial charge in [0.25, 0.3) is 15.0 Å². The van der Waals surface area contributed by atoms with Gasteiger partial charge in [0.2, 0.25) is 6.33 Å². The van der Waals surface area contributed by atoms with E-state index in [9.17, 15) is 18.5 Å². The molecule has 126 valence electrons. The quantitative estimate of drug-likeness (QED) is 0.620. The molecule has 9 heteroatoms. The fraction of sp³-hybridized carbons (Fsp3) is 0.267. The molecule has 3 rings (SSSR count). The zero-order chi connectivity index (χ0) is 17.3. The van der Waals surface area contributed by atoms with Crippen molar-refractivity contribution in [3.63, 3.8) is 0 Å². The van der Waals surface area contributed by atoms with Crippen LogP contribution in [0.4, 0.5) is 5.82 Å². The average Bonchev–Trinajstić information content (AvgIpc) is 2.98. The summed E-state index contributed by atoms with van der Waals surface area (Å²) in [4.78, 5) is 13.8. The lowest BCUT2D eigenvalue weighted by Crippen LogP contribution is -2.35. The van der Waals surface area contributed by atoms with Crippen LogP contribution >= 0.6 is 0 Å². The second-order valence-electron chi connectivity index (χ2n) is 5.45. The molecular formula is C15H16N4O4S. The van der Waals surface area contributed by atoms with Crippen LogP contribution < -0.4 is 0 Å². The minimum absolute atomic E-state index is 0.175. The topological polar surface area (TPSA) is 98.3 Å². The largest absolute Gasteiger partial charge is 0.402 e. The predicted octanol–water partition coefficient (Wildman–Crippen LogP) is 1.81. The number of nitrogens with zero attached hydrogens (tertiary/aromatic N) is 4. The van der Waals surface area contributed by atoms with Crippen molar-refractivity contribution in [1.29, 1.82) is 0 Å². The van der Waals surface area contributed by atoms with Crippen LogP contribution in [0.2, 0.25) is 0 Å². The molecule has 2 aromatic rings. The molecule has 1 aliphatic rings. The van der Waals surface area contributed by atoms with Gasteiger partial charge in [-0.25, -0.2) is 8.42 Å². The summed E-state index contributed by atoms with van der Waals surface area (Å²) in [7, 11) is -2.55. The molecule has 0 N–H and O–H groups in total. The van der Waals surface area contributed by atoms with E-state index in [0.717, 1.165) is 17.5 Å². The van der Waals surface area contributed by atoms with E-state index in [2.05, 4.69) is 4.98 Å². The van der Waals surface area contributed by atoms with Crippen LogP contribution in [0.5, 0.6) is 0 Å². The van der Waals surface area contributed by atoms with E-state index in [0.29, 0.717) is 6.42 Å². The van der Waals surface area contributed by atoms with E-state index < -0.39 is 20.8 Å². The number of aromatic nitrogens is 2. The molecule has 0 bridgehead atoms. The Hall–Kier alpha value is -2.52. The van der Waals surface area contributed by atoms with Crippen LogP contribution in [0, 0.1) is 10.1 Å². The first-order chi connectivity index (χ1) is 11.4. The highest BCUT2D eigenvalue weighted by Crippen LogP contribution is 2.29. The Balaban J connectivity index is 1.90. The van der Waals surface area contributed by atoms with Crippen LogP contribution in [0.3, 0.4) is 0 Å². The normalized spacial score (nSPS) is 16.0. The van der Waals surface area contributed by atoms with E-state index in [-0.39, 0.29) is 18.1 Å². The van der Waals surface area contributed by atoms with Gasteiger partial charge < -0.3 is 10.1 Å². The second kappa shape index (κ2) is 6.17. The van der Waals surface area contributed by atoms with E-state index in [1.807, 2.05) is 36.4 Å². The molecule has 0 aliphatic carbocycles.